The van der Waals surface area contributed by atoms with Gasteiger partial charge in [0.05, 0.1) is 11.8 Å². The van der Waals surface area contributed by atoms with Crippen LogP contribution in [-0.2, 0) is 9.53 Å². The molecule has 0 saturated heterocycles. The van der Waals surface area contributed by atoms with Crippen molar-refractivity contribution < 1.29 is 23.1 Å². The van der Waals surface area contributed by atoms with Crippen LogP contribution in [-0.4, -0.2) is 23.2 Å². The second-order valence-corrected chi connectivity index (χ2v) is 8.21. The summed E-state index contributed by atoms with van der Waals surface area (Å²) in [6, 6.07) is 7.71. The zero-order valence-electron chi connectivity index (χ0n) is 14.9. The Hall–Kier alpha value is -1.93. The molecular weight excluding hydrogens is 440 g/mol. The lowest BCUT2D eigenvalue weighted by molar-refractivity contribution is -0.146. The zero-order valence-corrected chi connectivity index (χ0v) is 17.3. The predicted octanol–water partition coefficient (Wildman–Crippen LogP) is 5.41. The molecule has 0 heterocycles. The first-order valence-corrected chi connectivity index (χ1v) is 9.77. The van der Waals surface area contributed by atoms with Gasteiger partial charge in [0.2, 0.25) is 0 Å². The van der Waals surface area contributed by atoms with Crippen LogP contribution < -0.4 is 5.32 Å². The van der Waals surface area contributed by atoms with E-state index in [-0.39, 0.29) is 17.4 Å². The summed E-state index contributed by atoms with van der Waals surface area (Å²) in [5, 5.41) is 1.90. The fourth-order valence-electron chi connectivity index (χ4n) is 2.11. The van der Waals surface area contributed by atoms with Gasteiger partial charge in [-0.25, -0.2) is 8.78 Å². The van der Waals surface area contributed by atoms with Gasteiger partial charge >= 0.3 is 5.97 Å². The van der Waals surface area contributed by atoms with Gasteiger partial charge in [0.1, 0.15) is 16.9 Å². The molecule has 27 heavy (non-hydrogen) atoms. The van der Waals surface area contributed by atoms with E-state index in [1.54, 1.807) is 20.8 Å². The molecule has 0 aliphatic rings. The Morgan fingerprint density at radius 3 is 2.48 bits per heavy atom. The maximum absolute atomic E-state index is 14.2. The number of ether oxygens (including phenoxy) is 1. The van der Waals surface area contributed by atoms with Crippen LogP contribution in [0.3, 0.4) is 0 Å². The van der Waals surface area contributed by atoms with E-state index in [1.165, 1.54) is 42.1 Å². The summed E-state index contributed by atoms with van der Waals surface area (Å²) in [5.41, 5.74) is -0.000195. The summed E-state index contributed by atoms with van der Waals surface area (Å²) in [7, 11) is 0. The molecule has 0 fully saturated rings. The second kappa shape index (κ2) is 9.32. The zero-order chi connectivity index (χ0) is 20.1. The summed E-state index contributed by atoms with van der Waals surface area (Å²) in [6.45, 7) is 5.18. The molecular formula is C19H18BrF2NO3S. The van der Waals surface area contributed by atoms with Crippen molar-refractivity contribution >= 4 is 45.3 Å². The summed E-state index contributed by atoms with van der Waals surface area (Å²) >= 11 is 4.42. The van der Waals surface area contributed by atoms with Gasteiger partial charge in [-0.1, -0.05) is 6.07 Å². The van der Waals surface area contributed by atoms with E-state index in [9.17, 15) is 18.4 Å². The van der Waals surface area contributed by atoms with Crippen LogP contribution in [0.4, 0.5) is 14.5 Å². The van der Waals surface area contributed by atoms with Crippen molar-refractivity contribution in [1.29, 1.82) is 0 Å². The number of nitrogens with one attached hydrogen (secondary N) is 1. The first kappa shape index (κ1) is 21.4. The molecule has 1 atom stereocenters. The lowest BCUT2D eigenvalue weighted by atomic mass is 10.2. The van der Waals surface area contributed by atoms with E-state index in [4.69, 9.17) is 4.74 Å². The van der Waals surface area contributed by atoms with Gasteiger partial charge in [-0.3, -0.25) is 9.59 Å². The molecule has 4 nitrogen and oxygen atoms in total. The Morgan fingerprint density at radius 1 is 1.15 bits per heavy atom. The highest BCUT2D eigenvalue weighted by Gasteiger charge is 2.20. The smallest absolute Gasteiger partial charge is 0.319 e. The molecule has 0 radical (unpaired) electrons. The third-order valence-corrected chi connectivity index (χ3v) is 5.40. The molecule has 2 aromatic rings. The Morgan fingerprint density at radius 2 is 1.85 bits per heavy atom. The highest BCUT2D eigenvalue weighted by Crippen LogP contribution is 2.35. The Labute approximate surface area is 168 Å². The highest BCUT2D eigenvalue weighted by atomic mass is 79.9. The minimum absolute atomic E-state index is 0.0698. The number of hydrogen-bond acceptors (Lipinski definition) is 4. The molecule has 8 heteroatoms. The molecule has 0 aromatic heterocycles. The van der Waals surface area contributed by atoms with E-state index in [2.05, 4.69) is 21.2 Å². The molecule has 1 amide bonds. The average Bonchev–Trinajstić information content (AvgIpc) is 2.58. The monoisotopic (exact) mass is 457 g/mol. The van der Waals surface area contributed by atoms with Crippen molar-refractivity contribution in [2.24, 2.45) is 0 Å². The van der Waals surface area contributed by atoms with Gasteiger partial charge in [-0.2, -0.15) is 0 Å². The number of hydrogen-bond donors (Lipinski definition) is 1. The van der Waals surface area contributed by atoms with E-state index in [1.807, 2.05) is 0 Å². The molecule has 2 aromatic carbocycles. The number of halogens is 3. The Kier molecular flexibility index (Phi) is 7.38. The first-order valence-electron chi connectivity index (χ1n) is 8.10. The van der Waals surface area contributed by atoms with E-state index < -0.39 is 28.8 Å². The first-order chi connectivity index (χ1) is 12.7. The Balaban J connectivity index is 2.20. The average molecular weight is 458 g/mol. The van der Waals surface area contributed by atoms with Crippen LogP contribution in [0.1, 0.15) is 31.1 Å². The number of carbonyl (C=O) groups excluding carboxylic acids is 2. The summed E-state index contributed by atoms with van der Waals surface area (Å²) in [6.07, 6.45) is -0.238. The number of thioether (sulfide) groups is 1. The molecule has 0 aliphatic carbocycles. The fraction of sp³-hybridized carbons (Fsp3) is 0.263. The standard InChI is InChI=1S/C19H18BrF2NO3S/c1-10(2)26-19(25)11(3)27-17-9-16(15(22)8-14(17)20)23-18(24)12-5-4-6-13(21)7-12/h4-11H,1-3H3,(H,23,24). The summed E-state index contributed by atoms with van der Waals surface area (Å²) in [4.78, 5) is 24.8. The van der Waals surface area contributed by atoms with Gasteiger partial charge in [0, 0.05) is 14.9 Å². The molecule has 144 valence electrons. The largest absolute Gasteiger partial charge is 0.462 e. The predicted molar refractivity (Wildman–Crippen MR) is 105 cm³/mol. The maximum atomic E-state index is 14.2. The Bertz CT molecular complexity index is 861. The minimum Gasteiger partial charge on any atom is -0.462 e. The van der Waals surface area contributed by atoms with Gasteiger partial charge in [-0.05, 0) is 67.0 Å². The maximum Gasteiger partial charge on any atom is 0.319 e. The third kappa shape index (κ3) is 6.04. The lowest BCUT2D eigenvalue weighted by Gasteiger charge is -2.15. The van der Waals surface area contributed by atoms with Crippen molar-refractivity contribution in [3.05, 3.63) is 58.1 Å². The molecule has 1 unspecified atom stereocenters. The van der Waals surface area contributed by atoms with Gasteiger partial charge in [-0.15, -0.1) is 11.8 Å². The number of rotatable bonds is 6. The van der Waals surface area contributed by atoms with E-state index in [0.717, 1.165) is 6.07 Å². The molecule has 0 aliphatic heterocycles. The van der Waals surface area contributed by atoms with Crippen LogP contribution >= 0.6 is 27.7 Å². The van der Waals surface area contributed by atoms with Gasteiger partial charge in [0.25, 0.3) is 5.91 Å². The molecule has 1 N–H and O–H groups in total. The van der Waals surface area contributed by atoms with E-state index in [0.29, 0.717) is 9.37 Å². The van der Waals surface area contributed by atoms with Gasteiger partial charge < -0.3 is 10.1 Å². The topological polar surface area (TPSA) is 55.4 Å². The van der Waals surface area contributed by atoms with E-state index >= 15 is 0 Å². The minimum atomic E-state index is -0.659. The normalized spacial score (nSPS) is 12.0. The van der Waals surface area contributed by atoms with Crippen molar-refractivity contribution in [1.82, 2.24) is 0 Å². The van der Waals surface area contributed by atoms with Crippen molar-refractivity contribution in [2.75, 3.05) is 5.32 Å². The molecule has 0 bridgehead atoms. The van der Waals surface area contributed by atoms with Crippen molar-refractivity contribution in [2.45, 2.75) is 37.0 Å². The van der Waals surface area contributed by atoms with Gasteiger partial charge in [0.15, 0.2) is 0 Å². The number of benzene rings is 2. The van der Waals surface area contributed by atoms with Crippen LogP contribution in [0.15, 0.2) is 45.8 Å². The summed E-state index contributed by atoms with van der Waals surface area (Å²) < 4.78 is 33.1. The molecule has 0 saturated carbocycles. The number of anilines is 1. The van der Waals surface area contributed by atoms with Crippen molar-refractivity contribution in [3.63, 3.8) is 0 Å². The third-order valence-electron chi connectivity index (χ3n) is 3.34. The number of carbonyl (C=O) groups is 2. The number of esters is 1. The second-order valence-electron chi connectivity index (χ2n) is 5.97. The van der Waals surface area contributed by atoms with Crippen LogP contribution in [0.2, 0.25) is 0 Å². The lowest BCUT2D eigenvalue weighted by Crippen LogP contribution is -2.20. The number of amides is 1. The highest BCUT2D eigenvalue weighted by molar-refractivity contribution is 9.10. The molecule has 0 spiro atoms. The van der Waals surface area contributed by atoms with Crippen molar-refractivity contribution in [3.8, 4) is 0 Å². The van der Waals surface area contributed by atoms with Crippen LogP contribution in [0.25, 0.3) is 0 Å². The summed E-state index contributed by atoms with van der Waals surface area (Å²) in [5.74, 6) is -2.25. The fourth-order valence-corrected chi connectivity index (χ4v) is 3.59. The van der Waals surface area contributed by atoms with Crippen LogP contribution in [0.5, 0.6) is 0 Å². The van der Waals surface area contributed by atoms with Crippen LogP contribution in [0, 0.1) is 11.6 Å². The quantitative estimate of drug-likeness (QED) is 0.465. The molecule has 2 rings (SSSR count). The SMILES string of the molecule is CC(C)OC(=O)C(C)Sc1cc(NC(=O)c2cccc(F)c2)c(F)cc1Br.